The Morgan fingerprint density at radius 2 is 2.00 bits per heavy atom. The summed E-state index contributed by atoms with van der Waals surface area (Å²) < 4.78 is 5.12. The summed E-state index contributed by atoms with van der Waals surface area (Å²) >= 11 is 0. The quantitative estimate of drug-likeness (QED) is 0.798. The Morgan fingerprint density at radius 3 is 2.62 bits per heavy atom. The molecule has 5 nitrogen and oxygen atoms in total. The molecule has 1 aromatic rings. The third-order valence-corrected chi connectivity index (χ3v) is 4.15. The average molecular weight is 289 g/mol. The van der Waals surface area contributed by atoms with Crippen LogP contribution in [0.5, 0.6) is 0 Å². The van der Waals surface area contributed by atoms with Gasteiger partial charge in [0.05, 0.1) is 17.9 Å². The van der Waals surface area contributed by atoms with Gasteiger partial charge in [0, 0.05) is 25.2 Å². The molecule has 0 aromatic carbocycles. The molecule has 2 fully saturated rings. The number of hydrogen-bond donors (Lipinski definition) is 0. The van der Waals surface area contributed by atoms with Gasteiger partial charge in [-0.15, -0.1) is 0 Å². The molecule has 1 saturated heterocycles. The van der Waals surface area contributed by atoms with Gasteiger partial charge in [-0.1, -0.05) is 12.8 Å². The molecule has 5 heteroatoms. The van der Waals surface area contributed by atoms with Gasteiger partial charge in [0.25, 0.3) is 0 Å². The summed E-state index contributed by atoms with van der Waals surface area (Å²) in [5.74, 6) is 0.909. The highest BCUT2D eigenvalue weighted by atomic mass is 16.5. The molecule has 0 radical (unpaired) electrons. The van der Waals surface area contributed by atoms with Crippen molar-refractivity contribution in [1.82, 2.24) is 9.97 Å². The van der Waals surface area contributed by atoms with Gasteiger partial charge in [0.2, 0.25) is 5.95 Å². The number of hydrogen-bond acceptors (Lipinski definition) is 5. The lowest BCUT2D eigenvalue weighted by molar-refractivity contribution is 0.0524. The number of rotatable bonds is 4. The third-order valence-electron chi connectivity index (χ3n) is 4.15. The van der Waals surface area contributed by atoms with Crippen LogP contribution in [-0.2, 0) is 4.74 Å². The molecule has 1 aliphatic carbocycles. The fraction of sp³-hybridized carbons (Fsp3) is 0.688. The summed E-state index contributed by atoms with van der Waals surface area (Å²) in [4.78, 5) is 23.4. The van der Waals surface area contributed by atoms with E-state index in [-0.39, 0.29) is 5.97 Å². The maximum atomic E-state index is 12.0. The molecular formula is C16H23N3O2. The summed E-state index contributed by atoms with van der Waals surface area (Å²) in [6.45, 7) is 4.24. The third kappa shape index (κ3) is 3.34. The first kappa shape index (κ1) is 14.3. The summed E-state index contributed by atoms with van der Waals surface area (Å²) in [6, 6.07) is 0. The van der Waals surface area contributed by atoms with E-state index in [1.807, 2.05) is 6.92 Å². The Morgan fingerprint density at radius 1 is 1.29 bits per heavy atom. The topological polar surface area (TPSA) is 55.3 Å². The Hall–Kier alpha value is -1.65. The van der Waals surface area contributed by atoms with Gasteiger partial charge in [-0.25, -0.2) is 14.8 Å². The van der Waals surface area contributed by atoms with Gasteiger partial charge in [0.1, 0.15) is 0 Å². The van der Waals surface area contributed by atoms with Crippen molar-refractivity contribution in [2.75, 3.05) is 24.6 Å². The van der Waals surface area contributed by atoms with Gasteiger partial charge >= 0.3 is 5.97 Å². The van der Waals surface area contributed by atoms with Crippen LogP contribution in [0.4, 0.5) is 5.95 Å². The number of carbonyl (C=O) groups is 1. The Bertz CT molecular complexity index is 506. The summed E-state index contributed by atoms with van der Waals surface area (Å²) in [5, 5.41) is 0. The fourth-order valence-electron chi connectivity index (χ4n) is 2.84. The highest BCUT2D eigenvalue weighted by Gasteiger charge is 2.31. The van der Waals surface area contributed by atoms with Gasteiger partial charge in [0.15, 0.2) is 0 Å². The van der Waals surface area contributed by atoms with Crippen LogP contribution in [0, 0.1) is 0 Å². The molecule has 1 aliphatic heterocycles. The van der Waals surface area contributed by atoms with E-state index >= 15 is 0 Å². The SMILES string of the molecule is CCOC(=O)c1cnc(N2CCCCCC2)nc1C1CC1. The number of carbonyl (C=O) groups excluding carboxylic acids is 1. The van der Waals surface area contributed by atoms with Gasteiger partial charge < -0.3 is 9.64 Å². The van der Waals surface area contributed by atoms with Gasteiger partial charge in [-0.05, 0) is 32.6 Å². The smallest absolute Gasteiger partial charge is 0.341 e. The second-order valence-electron chi connectivity index (χ2n) is 5.86. The lowest BCUT2D eigenvalue weighted by Gasteiger charge is -2.21. The Balaban J connectivity index is 1.86. The molecule has 21 heavy (non-hydrogen) atoms. The van der Waals surface area contributed by atoms with Crippen LogP contribution < -0.4 is 4.90 Å². The van der Waals surface area contributed by atoms with Crippen molar-refractivity contribution in [3.05, 3.63) is 17.5 Å². The zero-order chi connectivity index (χ0) is 14.7. The molecule has 1 saturated carbocycles. The lowest BCUT2D eigenvalue weighted by Crippen LogP contribution is -2.27. The van der Waals surface area contributed by atoms with E-state index in [1.165, 1.54) is 25.7 Å². The Kier molecular flexibility index (Phi) is 4.36. The van der Waals surface area contributed by atoms with E-state index in [9.17, 15) is 4.79 Å². The van der Waals surface area contributed by atoms with Crippen LogP contribution in [-0.4, -0.2) is 35.6 Å². The standard InChI is InChI=1S/C16H23N3O2/c1-2-21-15(20)13-11-17-16(18-14(13)12-7-8-12)19-9-5-3-4-6-10-19/h11-12H,2-10H2,1H3. The van der Waals surface area contributed by atoms with Crippen LogP contribution in [0.15, 0.2) is 6.20 Å². The van der Waals surface area contributed by atoms with E-state index in [0.717, 1.165) is 37.6 Å². The number of nitrogens with zero attached hydrogens (tertiary/aromatic N) is 3. The van der Waals surface area contributed by atoms with E-state index in [0.29, 0.717) is 18.1 Å². The number of esters is 1. The van der Waals surface area contributed by atoms with E-state index in [1.54, 1.807) is 6.20 Å². The van der Waals surface area contributed by atoms with Crippen molar-refractivity contribution in [3.63, 3.8) is 0 Å². The van der Waals surface area contributed by atoms with E-state index in [2.05, 4.69) is 9.88 Å². The van der Waals surface area contributed by atoms with Crippen molar-refractivity contribution in [1.29, 1.82) is 0 Å². The molecule has 0 bridgehead atoms. The highest BCUT2D eigenvalue weighted by molar-refractivity contribution is 5.90. The molecule has 0 atom stereocenters. The molecule has 0 unspecified atom stereocenters. The predicted molar refractivity (Wildman–Crippen MR) is 80.6 cm³/mol. The van der Waals surface area contributed by atoms with E-state index < -0.39 is 0 Å². The van der Waals surface area contributed by atoms with Crippen LogP contribution in [0.1, 0.15) is 67.4 Å². The second kappa shape index (κ2) is 6.41. The molecular weight excluding hydrogens is 266 g/mol. The van der Waals surface area contributed by atoms with Crippen molar-refractivity contribution >= 4 is 11.9 Å². The fourth-order valence-corrected chi connectivity index (χ4v) is 2.84. The van der Waals surface area contributed by atoms with Crippen molar-refractivity contribution < 1.29 is 9.53 Å². The van der Waals surface area contributed by atoms with Gasteiger partial charge in [-0.2, -0.15) is 0 Å². The minimum atomic E-state index is -0.290. The minimum Gasteiger partial charge on any atom is -0.462 e. The van der Waals surface area contributed by atoms with Crippen LogP contribution >= 0.6 is 0 Å². The van der Waals surface area contributed by atoms with Crippen molar-refractivity contribution in [3.8, 4) is 0 Å². The maximum Gasteiger partial charge on any atom is 0.341 e. The van der Waals surface area contributed by atoms with Crippen LogP contribution in [0.2, 0.25) is 0 Å². The zero-order valence-corrected chi connectivity index (χ0v) is 12.7. The zero-order valence-electron chi connectivity index (χ0n) is 12.7. The van der Waals surface area contributed by atoms with Crippen molar-refractivity contribution in [2.45, 2.75) is 51.4 Å². The first-order chi connectivity index (χ1) is 10.3. The second-order valence-corrected chi connectivity index (χ2v) is 5.86. The largest absolute Gasteiger partial charge is 0.462 e. The lowest BCUT2D eigenvalue weighted by atomic mass is 10.1. The first-order valence-electron chi connectivity index (χ1n) is 8.08. The monoisotopic (exact) mass is 289 g/mol. The normalized spacial score (nSPS) is 19.2. The molecule has 0 spiro atoms. The van der Waals surface area contributed by atoms with Crippen LogP contribution in [0.25, 0.3) is 0 Å². The highest BCUT2D eigenvalue weighted by Crippen LogP contribution is 2.41. The number of ether oxygens (including phenoxy) is 1. The average Bonchev–Trinajstić information content (AvgIpc) is 3.33. The molecule has 0 amide bonds. The van der Waals surface area contributed by atoms with Gasteiger partial charge in [-0.3, -0.25) is 0 Å². The molecule has 2 heterocycles. The summed E-state index contributed by atoms with van der Waals surface area (Å²) in [5.41, 5.74) is 1.45. The molecule has 0 N–H and O–H groups in total. The molecule has 114 valence electrons. The van der Waals surface area contributed by atoms with Crippen molar-refractivity contribution in [2.24, 2.45) is 0 Å². The number of anilines is 1. The predicted octanol–water partition coefficient (Wildman–Crippen LogP) is 2.91. The van der Waals surface area contributed by atoms with Crippen LogP contribution in [0.3, 0.4) is 0 Å². The van der Waals surface area contributed by atoms with E-state index in [4.69, 9.17) is 9.72 Å². The first-order valence-corrected chi connectivity index (χ1v) is 8.08. The molecule has 1 aromatic heterocycles. The molecule has 2 aliphatic rings. The summed E-state index contributed by atoms with van der Waals surface area (Å²) in [6.07, 6.45) is 8.86. The molecule has 3 rings (SSSR count). The summed E-state index contributed by atoms with van der Waals surface area (Å²) in [7, 11) is 0. The number of aromatic nitrogens is 2. The Labute approximate surface area is 125 Å². The maximum absolute atomic E-state index is 12.0. The minimum absolute atomic E-state index is 0.290.